The fourth-order valence-electron chi connectivity index (χ4n) is 3.52. The van der Waals surface area contributed by atoms with Crippen LogP contribution in [0.4, 0.5) is 0 Å². The summed E-state index contributed by atoms with van der Waals surface area (Å²) >= 11 is 0. The Morgan fingerprint density at radius 3 is 2.71 bits per heavy atom. The fourth-order valence-corrected chi connectivity index (χ4v) is 3.52. The van der Waals surface area contributed by atoms with E-state index < -0.39 is 12.1 Å². The van der Waals surface area contributed by atoms with Gasteiger partial charge in [0, 0.05) is 19.0 Å². The fraction of sp³-hybridized carbons (Fsp3) is 0.524. The van der Waals surface area contributed by atoms with Crippen molar-refractivity contribution < 1.29 is 28.7 Å². The van der Waals surface area contributed by atoms with Crippen molar-refractivity contribution >= 4 is 23.6 Å². The van der Waals surface area contributed by atoms with Gasteiger partial charge in [-0.05, 0) is 37.8 Å². The molecule has 4 amide bonds. The monoisotopic (exact) mass is 432 g/mol. The lowest BCUT2D eigenvalue weighted by Crippen LogP contribution is -2.52. The van der Waals surface area contributed by atoms with Crippen LogP contribution in [0.25, 0.3) is 0 Å². The molecular formula is C21H28N4O6. The first-order valence-corrected chi connectivity index (χ1v) is 10.4. The van der Waals surface area contributed by atoms with Crippen molar-refractivity contribution in [3.05, 3.63) is 23.8 Å². The first-order chi connectivity index (χ1) is 15.0. The molecule has 0 bridgehead atoms. The quantitative estimate of drug-likeness (QED) is 0.526. The van der Waals surface area contributed by atoms with Gasteiger partial charge in [0.1, 0.15) is 30.2 Å². The van der Waals surface area contributed by atoms with E-state index >= 15 is 0 Å². The van der Waals surface area contributed by atoms with Crippen molar-refractivity contribution in [3.63, 3.8) is 0 Å². The molecule has 168 valence electrons. The highest BCUT2D eigenvalue weighted by Crippen LogP contribution is 2.25. The lowest BCUT2D eigenvalue weighted by Gasteiger charge is -2.21. The summed E-state index contributed by atoms with van der Waals surface area (Å²) in [5.74, 6) is -0.171. The summed E-state index contributed by atoms with van der Waals surface area (Å²) in [5.41, 5.74) is 0.396. The van der Waals surface area contributed by atoms with Gasteiger partial charge in [0.05, 0.1) is 19.2 Å². The van der Waals surface area contributed by atoms with Gasteiger partial charge in [0.2, 0.25) is 17.7 Å². The minimum Gasteiger partial charge on any atom is -0.497 e. The lowest BCUT2D eigenvalue weighted by molar-refractivity contribution is -0.130. The molecule has 1 saturated heterocycles. The highest BCUT2D eigenvalue weighted by Gasteiger charge is 2.30. The Bertz CT molecular complexity index is 843. The number of hydrogen-bond donors (Lipinski definition) is 4. The minimum atomic E-state index is -0.726. The smallest absolute Gasteiger partial charge is 0.255 e. The van der Waals surface area contributed by atoms with Crippen LogP contribution in [0.2, 0.25) is 0 Å². The molecule has 0 radical (unpaired) electrons. The molecule has 0 aliphatic carbocycles. The van der Waals surface area contributed by atoms with Gasteiger partial charge in [0.25, 0.3) is 5.91 Å². The standard InChI is InChI=1S/C21H28N4O6/c1-30-13-5-6-14-17(12-13)31-11-10-23-20(28)15(4-2-3-9-22-19(14)27)25-21(29)16-7-8-18(26)24-16/h5-6,12,15-16H,2-4,7-11H2,1H3,(H,22,27)(H,23,28)(H,24,26)(H,25,29)/t15-,16+/m0/s1. The summed E-state index contributed by atoms with van der Waals surface area (Å²) in [4.78, 5) is 48.9. The molecule has 0 spiro atoms. The molecule has 1 aromatic carbocycles. The third-order valence-corrected chi connectivity index (χ3v) is 5.24. The van der Waals surface area contributed by atoms with Crippen molar-refractivity contribution in [2.45, 2.75) is 44.2 Å². The van der Waals surface area contributed by atoms with Gasteiger partial charge in [-0.2, -0.15) is 0 Å². The normalized spacial score (nSPS) is 22.7. The Kier molecular flexibility index (Phi) is 7.69. The van der Waals surface area contributed by atoms with E-state index in [1.165, 1.54) is 7.11 Å². The summed E-state index contributed by atoms with van der Waals surface area (Å²) in [6.45, 7) is 0.757. The van der Waals surface area contributed by atoms with Gasteiger partial charge < -0.3 is 30.7 Å². The second-order valence-electron chi connectivity index (χ2n) is 7.47. The average Bonchev–Trinajstić information content (AvgIpc) is 3.21. The van der Waals surface area contributed by atoms with Crippen LogP contribution in [0.3, 0.4) is 0 Å². The maximum absolute atomic E-state index is 12.6. The lowest BCUT2D eigenvalue weighted by atomic mass is 10.1. The van der Waals surface area contributed by atoms with Gasteiger partial charge in [-0.25, -0.2) is 0 Å². The second-order valence-corrected chi connectivity index (χ2v) is 7.47. The van der Waals surface area contributed by atoms with Gasteiger partial charge in [-0.15, -0.1) is 0 Å². The highest BCUT2D eigenvalue weighted by atomic mass is 16.5. The molecule has 2 aliphatic heterocycles. The number of nitrogens with one attached hydrogen (secondary N) is 4. The van der Waals surface area contributed by atoms with E-state index in [-0.39, 0.29) is 36.8 Å². The van der Waals surface area contributed by atoms with Gasteiger partial charge in [-0.3, -0.25) is 19.2 Å². The topological polar surface area (TPSA) is 135 Å². The van der Waals surface area contributed by atoms with Crippen molar-refractivity contribution in [3.8, 4) is 11.5 Å². The van der Waals surface area contributed by atoms with Crippen molar-refractivity contribution in [2.75, 3.05) is 26.8 Å². The Hall–Kier alpha value is -3.30. The molecule has 0 unspecified atom stereocenters. The summed E-state index contributed by atoms with van der Waals surface area (Å²) in [6.07, 6.45) is 2.41. The summed E-state index contributed by atoms with van der Waals surface area (Å²) in [5, 5.41) is 11.0. The zero-order chi connectivity index (χ0) is 22.2. The molecule has 10 nitrogen and oxygen atoms in total. The molecule has 2 aliphatic rings. The number of rotatable bonds is 3. The van der Waals surface area contributed by atoms with Gasteiger partial charge >= 0.3 is 0 Å². The van der Waals surface area contributed by atoms with E-state index in [0.717, 1.165) is 0 Å². The second kappa shape index (κ2) is 10.6. The van der Waals surface area contributed by atoms with Gasteiger partial charge in [0.15, 0.2) is 0 Å². The van der Waals surface area contributed by atoms with Crippen molar-refractivity contribution in [1.82, 2.24) is 21.3 Å². The van der Waals surface area contributed by atoms with E-state index in [2.05, 4.69) is 21.3 Å². The van der Waals surface area contributed by atoms with Gasteiger partial charge in [-0.1, -0.05) is 0 Å². The first kappa shape index (κ1) is 22.4. The molecule has 0 aromatic heterocycles. The maximum Gasteiger partial charge on any atom is 0.255 e. The molecule has 2 atom stereocenters. The van der Waals surface area contributed by atoms with E-state index in [9.17, 15) is 19.2 Å². The number of amides is 4. The van der Waals surface area contributed by atoms with Crippen LogP contribution in [0.5, 0.6) is 11.5 Å². The van der Waals surface area contributed by atoms with Crippen LogP contribution in [0, 0.1) is 0 Å². The van der Waals surface area contributed by atoms with Crippen LogP contribution >= 0.6 is 0 Å². The van der Waals surface area contributed by atoms with Crippen LogP contribution in [0.15, 0.2) is 18.2 Å². The number of hydrogen-bond acceptors (Lipinski definition) is 6. The molecule has 1 fully saturated rings. The molecular weight excluding hydrogens is 404 g/mol. The molecule has 0 saturated carbocycles. The predicted octanol–water partition coefficient (Wildman–Crippen LogP) is -0.133. The number of carbonyl (C=O) groups is 4. The Labute approximate surface area is 180 Å². The zero-order valence-electron chi connectivity index (χ0n) is 17.5. The summed E-state index contributed by atoms with van der Waals surface area (Å²) < 4.78 is 10.9. The predicted molar refractivity (Wildman–Crippen MR) is 111 cm³/mol. The Morgan fingerprint density at radius 2 is 1.97 bits per heavy atom. The molecule has 2 heterocycles. The minimum absolute atomic E-state index is 0.137. The van der Waals surface area contributed by atoms with Crippen LogP contribution in [-0.2, 0) is 14.4 Å². The number of ether oxygens (including phenoxy) is 2. The Morgan fingerprint density at radius 1 is 1.13 bits per heavy atom. The van der Waals surface area contributed by atoms with Crippen LogP contribution in [0.1, 0.15) is 42.5 Å². The Balaban J connectivity index is 1.65. The van der Waals surface area contributed by atoms with Crippen LogP contribution in [-0.4, -0.2) is 62.5 Å². The highest BCUT2D eigenvalue weighted by molar-refractivity contribution is 5.97. The maximum atomic E-state index is 12.6. The van der Waals surface area contributed by atoms with E-state index in [0.29, 0.717) is 55.7 Å². The van der Waals surface area contributed by atoms with Crippen molar-refractivity contribution in [2.24, 2.45) is 0 Å². The number of benzene rings is 1. The largest absolute Gasteiger partial charge is 0.497 e. The van der Waals surface area contributed by atoms with Crippen LogP contribution < -0.4 is 30.7 Å². The third kappa shape index (κ3) is 6.09. The number of carbonyl (C=O) groups excluding carboxylic acids is 4. The number of methoxy groups -OCH3 is 1. The van der Waals surface area contributed by atoms with Crippen molar-refractivity contribution in [1.29, 1.82) is 0 Å². The third-order valence-electron chi connectivity index (χ3n) is 5.24. The van der Waals surface area contributed by atoms with E-state index in [4.69, 9.17) is 9.47 Å². The molecule has 31 heavy (non-hydrogen) atoms. The van der Waals surface area contributed by atoms with E-state index in [1.807, 2.05) is 0 Å². The first-order valence-electron chi connectivity index (χ1n) is 10.4. The average molecular weight is 432 g/mol. The molecule has 10 heteroatoms. The summed E-state index contributed by atoms with van der Waals surface area (Å²) in [7, 11) is 1.52. The number of fused-ring (bicyclic) bond motifs is 1. The molecule has 3 rings (SSSR count). The molecule has 1 aromatic rings. The zero-order valence-corrected chi connectivity index (χ0v) is 17.5. The molecule has 4 N–H and O–H groups in total. The summed E-state index contributed by atoms with van der Waals surface area (Å²) in [6, 6.07) is 3.62. The SMILES string of the molecule is COc1ccc2c(c1)OCCNC(=O)[C@@H](NC(=O)[C@H]1CCC(=O)N1)CCCCNC2=O. The van der Waals surface area contributed by atoms with E-state index in [1.54, 1.807) is 18.2 Å².